The summed E-state index contributed by atoms with van der Waals surface area (Å²) < 4.78 is 5.43. The molecule has 1 N–H and O–H groups in total. The predicted molar refractivity (Wildman–Crippen MR) is 63.6 cm³/mol. The third-order valence-electron chi connectivity index (χ3n) is 2.48. The van der Waals surface area contributed by atoms with Crippen LogP contribution in [0.3, 0.4) is 0 Å². The van der Waals surface area contributed by atoms with Crippen LogP contribution in [-0.2, 0) is 6.61 Å². The predicted octanol–water partition coefficient (Wildman–Crippen LogP) is 2.43. The van der Waals surface area contributed by atoms with E-state index in [9.17, 15) is 5.11 Å². The van der Waals surface area contributed by atoms with Crippen LogP contribution in [-0.4, -0.2) is 16.7 Å². The highest BCUT2D eigenvalue weighted by atomic mass is 16.5. The van der Waals surface area contributed by atoms with Crippen molar-refractivity contribution < 1.29 is 9.84 Å². The molecule has 0 unspecified atom stereocenters. The highest BCUT2D eigenvalue weighted by Crippen LogP contribution is 2.23. The zero-order valence-corrected chi connectivity index (χ0v) is 9.53. The number of pyridine rings is 1. The van der Waals surface area contributed by atoms with Crippen LogP contribution in [0.4, 0.5) is 0 Å². The molecule has 1 heterocycles. The molecule has 2 rings (SSSR count). The minimum absolute atomic E-state index is 0.0233. The topological polar surface area (TPSA) is 42.4 Å². The Labute approximate surface area is 94.7 Å². The molecular formula is C13H15NO2. The Morgan fingerprint density at radius 2 is 2.12 bits per heavy atom. The Hall–Kier alpha value is -1.61. The smallest absolute Gasteiger partial charge is 0.120 e. The van der Waals surface area contributed by atoms with Gasteiger partial charge < -0.3 is 9.84 Å². The van der Waals surface area contributed by atoms with Crippen molar-refractivity contribution >= 4 is 10.9 Å². The monoisotopic (exact) mass is 217 g/mol. The maximum atomic E-state index is 9.31. The molecule has 0 amide bonds. The fraction of sp³-hybridized carbons (Fsp3) is 0.308. The summed E-state index contributed by atoms with van der Waals surface area (Å²) in [6, 6.07) is 7.65. The Bertz CT molecular complexity index is 509. The number of fused-ring (bicyclic) bond motifs is 1. The summed E-state index contributed by atoms with van der Waals surface area (Å²) in [7, 11) is 0. The Balaban J connectivity index is 2.61. The van der Waals surface area contributed by atoms with Crippen molar-refractivity contribution in [3.63, 3.8) is 0 Å². The zero-order valence-electron chi connectivity index (χ0n) is 9.53. The third-order valence-corrected chi connectivity index (χ3v) is 2.48. The van der Waals surface area contributed by atoms with Crippen molar-refractivity contribution in [2.45, 2.75) is 20.5 Å². The number of aliphatic hydroxyl groups is 1. The van der Waals surface area contributed by atoms with Gasteiger partial charge in [-0.2, -0.15) is 0 Å². The summed E-state index contributed by atoms with van der Waals surface area (Å²) in [4.78, 5) is 4.42. The van der Waals surface area contributed by atoms with Gasteiger partial charge in [-0.25, -0.2) is 0 Å². The van der Waals surface area contributed by atoms with Crippen LogP contribution in [0.25, 0.3) is 10.9 Å². The number of benzene rings is 1. The number of nitrogens with zero attached hydrogens (tertiary/aromatic N) is 1. The molecule has 1 aromatic heterocycles. The maximum Gasteiger partial charge on any atom is 0.120 e. The molecule has 0 saturated heterocycles. The first-order valence-corrected chi connectivity index (χ1v) is 5.38. The van der Waals surface area contributed by atoms with Gasteiger partial charge >= 0.3 is 0 Å². The third kappa shape index (κ3) is 1.99. The lowest BCUT2D eigenvalue weighted by Crippen LogP contribution is -1.95. The normalized spacial score (nSPS) is 10.7. The van der Waals surface area contributed by atoms with E-state index in [0.717, 1.165) is 27.9 Å². The second-order valence-electron chi connectivity index (χ2n) is 3.69. The molecule has 16 heavy (non-hydrogen) atoms. The van der Waals surface area contributed by atoms with E-state index in [1.807, 2.05) is 38.1 Å². The second-order valence-corrected chi connectivity index (χ2v) is 3.69. The summed E-state index contributed by atoms with van der Waals surface area (Å²) in [5, 5.41) is 10.3. The minimum atomic E-state index is 0.0233. The van der Waals surface area contributed by atoms with E-state index in [2.05, 4.69) is 4.98 Å². The molecule has 0 spiro atoms. The molecule has 0 atom stereocenters. The standard InChI is InChI=1S/C13H15NO2/c1-3-16-11-4-5-13-12(7-11)10(8-15)6-9(2)14-13/h4-7,15H,3,8H2,1-2H3. The lowest BCUT2D eigenvalue weighted by Gasteiger charge is -2.08. The summed E-state index contributed by atoms with van der Waals surface area (Å²) in [5.41, 5.74) is 2.71. The van der Waals surface area contributed by atoms with Crippen molar-refractivity contribution in [2.24, 2.45) is 0 Å². The fourth-order valence-electron chi connectivity index (χ4n) is 1.81. The van der Waals surface area contributed by atoms with Gasteiger partial charge in [-0.3, -0.25) is 4.98 Å². The lowest BCUT2D eigenvalue weighted by molar-refractivity contribution is 0.283. The molecule has 84 valence electrons. The number of aliphatic hydroxyl groups excluding tert-OH is 1. The van der Waals surface area contributed by atoms with Crippen molar-refractivity contribution in [3.05, 3.63) is 35.5 Å². The molecule has 3 nitrogen and oxygen atoms in total. The molecule has 0 saturated carbocycles. The zero-order chi connectivity index (χ0) is 11.5. The molecule has 1 aromatic carbocycles. The molecular weight excluding hydrogens is 202 g/mol. The molecule has 3 heteroatoms. The Kier molecular flexibility index (Phi) is 3.06. The molecule has 0 bridgehead atoms. The van der Waals surface area contributed by atoms with Crippen molar-refractivity contribution in [3.8, 4) is 5.75 Å². The van der Waals surface area contributed by atoms with E-state index in [1.54, 1.807) is 0 Å². The van der Waals surface area contributed by atoms with Gasteiger partial charge in [0.25, 0.3) is 0 Å². The number of hydrogen-bond acceptors (Lipinski definition) is 3. The van der Waals surface area contributed by atoms with E-state index >= 15 is 0 Å². The summed E-state index contributed by atoms with van der Waals surface area (Å²) >= 11 is 0. The van der Waals surface area contributed by atoms with Crippen LogP contribution in [0, 0.1) is 6.92 Å². The van der Waals surface area contributed by atoms with Crippen LogP contribution < -0.4 is 4.74 Å². The quantitative estimate of drug-likeness (QED) is 0.858. The van der Waals surface area contributed by atoms with Crippen LogP contribution in [0.1, 0.15) is 18.2 Å². The molecule has 0 aliphatic carbocycles. The Morgan fingerprint density at radius 1 is 1.31 bits per heavy atom. The molecule has 0 fully saturated rings. The molecule has 0 radical (unpaired) electrons. The minimum Gasteiger partial charge on any atom is -0.494 e. The number of rotatable bonds is 3. The van der Waals surface area contributed by atoms with Gasteiger partial charge in [-0.05, 0) is 43.7 Å². The van der Waals surface area contributed by atoms with Gasteiger partial charge in [0.2, 0.25) is 0 Å². The number of ether oxygens (including phenoxy) is 1. The molecule has 2 aromatic rings. The number of aromatic nitrogens is 1. The first kappa shape index (κ1) is 10.9. The van der Waals surface area contributed by atoms with Gasteiger partial charge in [0.1, 0.15) is 5.75 Å². The van der Waals surface area contributed by atoms with Gasteiger partial charge in [0.05, 0.1) is 18.7 Å². The lowest BCUT2D eigenvalue weighted by atomic mass is 10.1. The van der Waals surface area contributed by atoms with Gasteiger partial charge in [0.15, 0.2) is 0 Å². The van der Waals surface area contributed by atoms with Crippen LogP contribution >= 0.6 is 0 Å². The van der Waals surface area contributed by atoms with Crippen LogP contribution in [0.15, 0.2) is 24.3 Å². The fourth-order valence-corrected chi connectivity index (χ4v) is 1.81. The van der Waals surface area contributed by atoms with Gasteiger partial charge in [-0.15, -0.1) is 0 Å². The van der Waals surface area contributed by atoms with Crippen LogP contribution in [0.5, 0.6) is 5.75 Å². The van der Waals surface area contributed by atoms with Gasteiger partial charge in [-0.1, -0.05) is 0 Å². The van der Waals surface area contributed by atoms with E-state index in [1.165, 1.54) is 0 Å². The average Bonchev–Trinajstić information content (AvgIpc) is 2.29. The first-order chi connectivity index (χ1) is 7.74. The summed E-state index contributed by atoms with van der Waals surface area (Å²) in [5.74, 6) is 0.815. The van der Waals surface area contributed by atoms with Crippen molar-refractivity contribution in [1.29, 1.82) is 0 Å². The Morgan fingerprint density at radius 3 is 2.81 bits per heavy atom. The van der Waals surface area contributed by atoms with Gasteiger partial charge in [0, 0.05) is 11.1 Å². The summed E-state index contributed by atoms with van der Waals surface area (Å²) in [6.45, 7) is 4.54. The van der Waals surface area contributed by atoms with Crippen LogP contribution in [0.2, 0.25) is 0 Å². The number of aryl methyl sites for hydroxylation is 1. The average molecular weight is 217 g/mol. The van der Waals surface area contributed by atoms with Crippen molar-refractivity contribution in [1.82, 2.24) is 4.98 Å². The first-order valence-electron chi connectivity index (χ1n) is 5.38. The maximum absolute atomic E-state index is 9.31. The molecule has 0 aliphatic heterocycles. The van der Waals surface area contributed by atoms with Crippen molar-refractivity contribution in [2.75, 3.05) is 6.61 Å². The largest absolute Gasteiger partial charge is 0.494 e. The highest BCUT2D eigenvalue weighted by Gasteiger charge is 2.04. The second kappa shape index (κ2) is 4.49. The number of hydrogen-bond donors (Lipinski definition) is 1. The van der Waals surface area contributed by atoms with E-state index < -0.39 is 0 Å². The van der Waals surface area contributed by atoms with E-state index in [4.69, 9.17) is 4.74 Å². The van der Waals surface area contributed by atoms with E-state index in [0.29, 0.717) is 6.61 Å². The summed E-state index contributed by atoms with van der Waals surface area (Å²) in [6.07, 6.45) is 0. The molecule has 0 aliphatic rings. The SMILES string of the molecule is CCOc1ccc2nc(C)cc(CO)c2c1. The van der Waals surface area contributed by atoms with E-state index in [-0.39, 0.29) is 6.61 Å². The highest BCUT2D eigenvalue weighted by molar-refractivity contribution is 5.83.